The van der Waals surface area contributed by atoms with Crippen LogP contribution >= 0.6 is 0 Å². The summed E-state index contributed by atoms with van der Waals surface area (Å²) in [5.74, 6) is 0.730. The summed E-state index contributed by atoms with van der Waals surface area (Å²) in [5.41, 5.74) is 1.85. The molecule has 0 aliphatic rings. The first-order valence-corrected chi connectivity index (χ1v) is 7.83. The average molecular weight is 321 g/mol. The summed E-state index contributed by atoms with van der Waals surface area (Å²) in [5, 5.41) is 2.99. The second-order valence-electron chi connectivity index (χ2n) is 5.61. The molecule has 1 amide bonds. The molecule has 0 radical (unpaired) electrons. The number of carbonyl (C=O) groups excluding carboxylic acids is 1. The fraction of sp³-hybridized carbons (Fsp3) is 0.222. The molecule has 0 aliphatic heterocycles. The monoisotopic (exact) mass is 321 g/mol. The summed E-state index contributed by atoms with van der Waals surface area (Å²) in [4.78, 5) is 24.9. The zero-order chi connectivity index (χ0) is 16.8. The van der Waals surface area contributed by atoms with Crippen molar-refractivity contribution in [2.45, 2.75) is 25.9 Å². The molecule has 1 N–H and O–H groups in total. The van der Waals surface area contributed by atoms with Crippen molar-refractivity contribution in [3.8, 4) is 11.4 Å². The first-order chi connectivity index (χ1) is 11.7. The molecule has 0 saturated heterocycles. The number of imidazole rings is 1. The Balaban J connectivity index is 1.61. The summed E-state index contributed by atoms with van der Waals surface area (Å²) in [7, 11) is 0. The van der Waals surface area contributed by atoms with Gasteiger partial charge in [0.1, 0.15) is 12.4 Å². The Hall–Kier alpha value is -3.02. The summed E-state index contributed by atoms with van der Waals surface area (Å²) >= 11 is 0. The van der Waals surface area contributed by atoms with Gasteiger partial charge in [0.25, 0.3) is 0 Å². The number of amides is 1. The number of hydrogen-bond acceptors (Lipinski definition) is 4. The minimum atomic E-state index is -0.0541. The molecule has 0 bridgehead atoms. The normalized spacial score (nSPS) is 11.9. The minimum absolute atomic E-state index is 0.0158. The second-order valence-corrected chi connectivity index (χ2v) is 5.61. The van der Waals surface area contributed by atoms with E-state index in [1.807, 2.05) is 48.0 Å². The van der Waals surface area contributed by atoms with E-state index in [9.17, 15) is 4.79 Å². The predicted molar refractivity (Wildman–Crippen MR) is 91.0 cm³/mol. The molecule has 3 rings (SSSR count). The Morgan fingerprint density at radius 1 is 1.17 bits per heavy atom. The summed E-state index contributed by atoms with van der Waals surface area (Å²) in [6, 6.07) is 9.81. The molecule has 0 fully saturated rings. The number of nitrogens with zero attached hydrogens (tertiary/aromatic N) is 4. The lowest BCUT2D eigenvalue weighted by molar-refractivity contribution is -0.122. The quantitative estimate of drug-likeness (QED) is 0.754. The zero-order valence-electron chi connectivity index (χ0n) is 13.5. The van der Waals surface area contributed by atoms with Crippen molar-refractivity contribution in [3.05, 3.63) is 67.0 Å². The highest BCUT2D eigenvalue weighted by atomic mass is 16.2. The molecule has 6 heteroatoms. The fourth-order valence-electron chi connectivity index (χ4n) is 2.56. The van der Waals surface area contributed by atoms with Crippen LogP contribution in [-0.4, -0.2) is 31.5 Å². The molecule has 6 nitrogen and oxygen atoms in total. The lowest BCUT2D eigenvalue weighted by Gasteiger charge is -2.14. The van der Waals surface area contributed by atoms with E-state index in [2.05, 4.69) is 20.3 Å². The van der Waals surface area contributed by atoms with Crippen molar-refractivity contribution in [1.29, 1.82) is 0 Å². The van der Waals surface area contributed by atoms with E-state index in [0.717, 1.165) is 17.1 Å². The molecule has 3 aromatic rings. The highest BCUT2D eigenvalue weighted by Crippen LogP contribution is 2.16. The number of hydrogen-bond donors (Lipinski definition) is 1. The highest BCUT2D eigenvalue weighted by molar-refractivity contribution is 5.76. The van der Waals surface area contributed by atoms with E-state index in [1.165, 1.54) is 0 Å². The van der Waals surface area contributed by atoms with Gasteiger partial charge >= 0.3 is 0 Å². The predicted octanol–water partition coefficient (Wildman–Crippen LogP) is 2.09. The summed E-state index contributed by atoms with van der Waals surface area (Å²) in [6.45, 7) is 2.19. The van der Waals surface area contributed by atoms with Crippen LogP contribution in [0.5, 0.6) is 0 Å². The van der Waals surface area contributed by atoms with Crippen LogP contribution in [-0.2, 0) is 17.8 Å². The van der Waals surface area contributed by atoms with E-state index in [1.54, 1.807) is 24.8 Å². The Bertz CT molecular complexity index is 785. The number of rotatable bonds is 6. The molecule has 1 aromatic carbocycles. The second kappa shape index (κ2) is 7.50. The highest BCUT2D eigenvalue weighted by Gasteiger charge is 2.12. The molecule has 1 atom stereocenters. The standard InChI is InChI=1S/C18H19N5O/c1-14(11-16-12-19-7-8-20-16)22-17(24)13-23-10-9-21-18(23)15-5-3-2-4-6-15/h2-10,12,14H,11,13H2,1H3,(H,22,24)/t14-/m0/s1. The van der Waals surface area contributed by atoms with Crippen LogP contribution in [0.1, 0.15) is 12.6 Å². The number of carbonyl (C=O) groups is 1. The van der Waals surface area contributed by atoms with Crippen LogP contribution in [0.2, 0.25) is 0 Å². The molecular weight excluding hydrogens is 302 g/mol. The first kappa shape index (κ1) is 15.9. The van der Waals surface area contributed by atoms with Crippen LogP contribution in [0.4, 0.5) is 0 Å². The molecule has 122 valence electrons. The lowest BCUT2D eigenvalue weighted by Crippen LogP contribution is -2.36. The average Bonchev–Trinajstić information content (AvgIpc) is 3.04. The van der Waals surface area contributed by atoms with Crippen molar-refractivity contribution in [3.63, 3.8) is 0 Å². The van der Waals surface area contributed by atoms with E-state index in [0.29, 0.717) is 6.42 Å². The molecule has 24 heavy (non-hydrogen) atoms. The van der Waals surface area contributed by atoms with E-state index < -0.39 is 0 Å². The maximum absolute atomic E-state index is 12.3. The molecule has 2 heterocycles. The van der Waals surface area contributed by atoms with Gasteiger partial charge in [-0.15, -0.1) is 0 Å². The molecular formula is C18H19N5O. The Morgan fingerprint density at radius 2 is 2.00 bits per heavy atom. The third kappa shape index (κ3) is 4.04. The maximum atomic E-state index is 12.3. The van der Waals surface area contributed by atoms with Gasteiger partial charge in [-0.1, -0.05) is 30.3 Å². The van der Waals surface area contributed by atoms with Crippen LogP contribution in [0.3, 0.4) is 0 Å². The molecule has 0 unspecified atom stereocenters. The van der Waals surface area contributed by atoms with Gasteiger partial charge in [0, 0.05) is 49.0 Å². The minimum Gasteiger partial charge on any atom is -0.352 e. The Labute approximate surface area is 140 Å². The number of nitrogens with one attached hydrogen (secondary N) is 1. The van der Waals surface area contributed by atoms with E-state index in [4.69, 9.17) is 0 Å². The SMILES string of the molecule is C[C@@H](Cc1cnccn1)NC(=O)Cn1ccnc1-c1ccccc1. The van der Waals surface area contributed by atoms with Gasteiger partial charge in [-0.25, -0.2) is 4.98 Å². The molecule has 0 saturated carbocycles. The molecule has 2 aromatic heterocycles. The van der Waals surface area contributed by atoms with Crippen molar-refractivity contribution in [2.24, 2.45) is 0 Å². The maximum Gasteiger partial charge on any atom is 0.240 e. The van der Waals surface area contributed by atoms with Gasteiger partial charge in [0.2, 0.25) is 5.91 Å². The van der Waals surface area contributed by atoms with Gasteiger partial charge in [-0.05, 0) is 6.92 Å². The largest absolute Gasteiger partial charge is 0.352 e. The van der Waals surface area contributed by atoms with Crippen molar-refractivity contribution >= 4 is 5.91 Å². The fourth-order valence-corrected chi connectivity index (χ4v) is 2.56. The van der Waals surface area contributed by atoms with Crippen LogP contribution in [0, 0.1) is 0 Å². The number of benzene rings is 1. The topological polar surface area (TPSA) is 72.7 Å². The molecule has 0 aliphatic carbocycles. The Kier molecular flexibility index (Phi) is 4.96. The van der Waals surface area contributed by atoms with E-state index >= 15 is 0 Å². The van der Waals surface area contributed by atoms with Crippen molar-refractivity contribution in [2.75, 3.05) is 0 Å². The van der Waals surface area contributed by atoms with Crippen molar-refractivity contribution in [1.82, 2.24) is 24.8 Å². The van der Waals surface area contributed by atoms with Crippen LogP contribution in [0.15, 0.2) is 61.3 Å². The van der Waals surface area contributed by atoms with Gasteiger partial charge in [-0.3, -0.25) is 14.8 Å². The van der Waals surface area contributed by atoms with Crippen LogP contribution < -0.4 is 5.32 Å². The Morgan fingerprint density at radius 3 is 2.75 bits per heavy atom. The van der Waals surface area contributed by atoms with Gasteiger partial charge in [-0.2, -0.15) is 0 Å². The van der Waals surface area contributed by atoms with Gasteiger partial charge in [0.05, 0.1) is 5.69 Å². The van der Waals surface area contributed by atoms with Crippen LogP contribution in [0.25, 0.3) is 11.4 Å². The summed E-state index contributed by atoms with van der Waals surface area (Å²) < 4.78 is 1.85. The van der Waals surface area contributed by atoms with Crippen molar-refractivity contribution < 1.29 is 4.79 Å². The van der Waals surface area contributed by atoms with Gasteiger partial charge in [0.15, 0.2) is 0 Å². The third-order valence-corrected chi connectivity index (χ3v) is 3.60. The zero-order valence-corrected chi connectivity index (χ0v) is 13.5. The smallest absolute Gasteiger partial charge is 0.240 e. The first-order valence-electron chi connectivity index (χ1n) is 7.83. The van der Waals surface area contributed by atoms with E-state index in [-0.39, 0.29) is 18.5 Å². The molecule has 0 spiro atoms. The van der Waals surface area contributed by atoms with Gasteiger partial charge < -0.3 is 9.88 Å². The third-order valence-electron chi connectivity index (χ3n) is 3.60. The number of aromatic nitrogens is 4. The lowest BCUT2D eigenvalue weighted by atomic mass is 10.2. The summed E-state index contributed by atoms with van der Waals surface area (Å²) in [6.07, 6.45) is 9.17.